The van der Waals surface area contributed by atoms with E-state index in [1.807, 2.05) is 18.2 Å². The van der Waals surface area contributed by atoms with Crippen LogP contribution in [0.2, 0.25) is 0 Å². The molecule has 2 aromatic carbocycles. The van der Waals surface area contributed by atoms with Crippen LogP contribution in [0.4, 0.5) is 4.39 Å². The molecule has 0 saturated carbocycles. The molecule has 0 fully saturated rings. The predicted octanol–water partition coefficient (Wildman–Crippen LogP) is 6.53. The van der Waals surface area contributed by atoms with Crippen LogP contribution in [0.3, 0.4) is 0 Å². The average Bonchev–Trinajstić information content (AvgIpc) is 3.03. The van der Waals surface area contributed by atoms with E-state index in [-0.39, 0.29) is 9.36 Å². The second kappa shape index (κ2) is 8.01. The highest BCUT2D eigenvalue weighted by Crippen LogP contribution is 2.46. The van der Waals surface area contributed by atoms with Gasteiger partial charge in [0.15, 0.2) is 0 Å². The van der Waals surface area contributed by atoms with E-state index in [1.54, 1.807) is 7.11 Å². The number of rotatable bonds is 6. The molecule has 1 unspecified atom stereocenters. The fourth-order valence-electron chi connectivity index (χ4n) is 4.13. The van der Waals surface area contributed by atoms with Crippen molar-refractivity contribution in [3.8, 4) is 5.75 Å². The molecule has 3 aromatic rings. The second-order valence-electron chi connectivity index (χ2n) is 7.67. The zero-order valence-corrected chi connectivity index (χ0v) is 19.2. The van der Waals surface area contributed by atoms with E-state index in [9.17, 15) is 4.39 Å². The van der Waals surface area contributed by atoms with E-state index >= 15 is 0 Å². The molecule has 0 aliphatic carbocycles. The third-order valence-electron chi connectivity index (χ3n) is 5.71. The first-order valence-corrected chi connectivity index (χ1v) is 11.1. The van der Waals surface area contributed by atoms with Gasteiger partial charge in [-0.1, -0.05) is 25.5 Å². The van der Waals surface area contributed by atoms with Gasteiger partial charge in [-0.2, -0.15) is 0 Å². The Morgan fingerprint density at radius 3 is 2.59 bits per heavy atom. The minimum absolute atomic E-state index is 0.177. The van der Waals surface area contributed by atoms with Gasteiger partial charge in [-0.05, 0) is 71.8 Å². The summed E-state index contributed by atoms with van der Waals surface area (Å²) in [5.41, 5.74) is 4.76. The molecular formula is C24H26FIN2O. The lowest BCUT2D eigenvalue weighted by molar-refractivity contribution is 0.264. The van der Waals surface area contributed by atoms with E-state index < -0.39 is 0 Å². The SMILES string of the molecule is CCCCN1C=Cc2c(n(Cc3ccc(F)cc3)c3cc(OC)ccc23)C1(C)I. The van der Waals surface area contributed by atoms with Gasteiger partial charge in [0, 0.05) is 36.3 Å². The first kappa shape index (κ1) is 20.3. The Balaban J connectivity index is 1.90. The van der Waals surface area contributed by atoms with Gasteiger partial charge >= 0.3 is 0 Å². The summed E-state index contributed by atoms with van der Waals surface area (Å²) in [4.78, 5) is 2.43. The van der Waals surface area contributed by atoms with Gasteiger partial charge in [-0.3, -0.25) is 0 Å². The van der Waals surface area contributed by atoms with Crippen molar-refractivity contribution in [1.29, 1.82) is 0 Å². The highest BCUT2D eigenvalue weighted by Gasteiger charge is 2.37. The maximum absolute atomic E-state index is 13.4. The van der Waals surface area contributed by atoms with E-state index in [1.165, 1.54) is 35.2 Å². The molecule has 1 aliphatic heterocycles. The van der Waals surface area contributed by atoms with Crippen LogP contribution in [0.25, 0.3) is 17.0 Å². The van der Waals surface area contributed by atoms with Crippen LogP contribution in [0.5, 0.6) is 5.75 Å². The van der Waals surface area contributed by atoms with E-state index in [0.717, 1.165) is 29.8 Å². The minimum atomic E-state index is -0.206. The molecule has 0 N–H and O–H groups in total. The van der Waals surface area contributed by atoms with Crippen molar-refractivity contribution in [2.75, 3.05) is 13.7 Å². The monoisotopic (exact) mass is 504 g/mol. The minimum Gasteiger partial charge on any atom is -0.497 e. The smallest absolute Gasteiger partial charge is 0.130 e. The summed E-state index contributed by atoms with van der Waals surface area (Å²) in [6, 6.07) is 13.1. The fraction of sp³-hybridized carbons (Fsp3) is 0.333. The Bertz CT molecular complexity index is 1050. The predicted molar refractivity (Wildman–Crippen MR) is 126 cm³/mol. The largest absolute Gasteiger partial charge is 0.497 e. The van der Waals surface area contributed by atoms with Gasteiger partial charge in [0.05, 0.1) is 18.3 Å². The summed E-state index contributed by atoms with van der Waals surface area (Å²) >= 11 is 2.57. The standard InChI is InChI=1S/C24H26FIN2O/c1-4-5-13-27-14-12-21-20-11-10-19(29-3)15-22(20)28(23(21)24(27,2)26)16-17-6-8-18(25)9-7-17/h6-12,14-15H,4-5,13,16H2,1-3H3. The van der Waals surface area contributed by atoms with Crippen molar-refractivity contribution in [3.05, 3.63) is 71.3 Å². The molecule has 1 atom stereocenters. The van der Waals surface area contributed by atoms with Crippen LogP contribution in [-0.4, -0.2) is 23.1 Å². The lowest BCUT2D eigenvalue weighted by Gasteiger charge is -2.40. The van der Waals surface area contributed by atoms with Crippen LogP contribution >= 0.6 is 22.6 Å². The van der Waals surface area contributed by atoms with Crippen molar-refractivity contribution in [2.45, 2.75) is 36.8 Å². The maximum atomic E-state index is 13.4. The molecule has 29 heavy (non-hydrogen) atoms. The van der Waals surface area contributed by atoms with Crippen LogP contribution in [-0.2, 0) is 10.1 Å². The summed E-state index contributed by atoms with van der Waals surface area (Å²) < 4.78 is 21.1. The van der Waals surface area contributed by atoms with Crippen LogP contribution in [0.15, 0.2) is 48.7 Å². The maximum Gasteiger partial charge on any atom is 0.130 e. The van der Waals surface area contributed by atoms with Gasteiger partial charge < -0.3 is 14.2 Å². The third kappa shape index (κ3) is 3.65. The highest BCUT2D eigenvalue weighted by atomic mass is 127. The molecule has 1 aromatic heterocycles. The first-order valence-electron chi connectivity index (χ1n) is 10.0. The average molecular weight is 504 g/mol. The molecule has 0 bridgehead atoms. The van der Waals surface area contributed by atoms with Crippen LogP contribution in [0, 0.1) is 5.82 Å². The van der Waals surface area contributed by atoms with E-state index in [4.69, 9.17) is 4.74 Å². The van der Waals surface area contributed by atoms with Crippen molar-refractivity contribution in [2.24, 2.45) is 0 Å². The number of ether oxygens (including phenoxy) is 1. The zero-order chi connectivity index (χ0) is 20.6. The lowest BCUT2D eigenvalue weighted by atomic mass is 10.0. The first-order chi connectivity index (χ1) is 14.0. The summed E-state index contributed by atoms with van der Waals surface area (Å²) in [5, 5.41) is 1.22. The summed E-state index contributed by atoms with van der Waals surface area (Å²) in [5.74, 6) is 0.636. The number of alkyl halides is 1. The Kier molecular flexibility index (Phi) is 5.60. The third-order valence-corrected chi connectivity index (χ3v) is 6.84. The molecular weight excluding hydrogens is 478 g/mol. The number of aromatic nitrogens is 1. The molecule has 0 spiro atoms. The summed E-state index contributed by atoms with van der Waals surface area (Å²) in [7, 11) is 1.70. The topological polar surface area (TPSA) is 17.4 Å². The lowest BCUT2D eigenvalue weighted by Crippen LogP contribution is -2.39. The van der Waals surface area contributed by atoms with Crippen molar-refractivity contribution in [3.63, 3.8) is 0 Å². The quantitative estimate of drug-likeness (QED) is 0.216. The Labute approximate surface area is 185 Å². The Morgan fingerprint density at radius 1 is 1.14 bits per heavy atom. The van der Waals surface area contributed by atoms with Gasteiger partial charge in [-0.15, -0.1) is 0 Å². The molecule has 0 radical (unpaired) electrons. The van der Waals surface area contributed by atoms with E-state index in [0.29, 0.717) is 6.54 Å². The summed E-state index contributed by atoms with van der Waals surface area (Å²) in [6.45, 7) is 6.21. The van der Waals surface area contributed by atoms with Gasteiger partial charge in [0.1, 0.15) is 15.1 Å². The number of benzene rings is 2. The van der Waals surface area contributed by atoms with Gasteiger partial charge in [-0.25, -0.2) is 4.39 Å². The number of hydrogen-bond acceptors (Lipinski definition) is 2. The molecule has 152 valence electrons. The molecule has 2 heterocycles. The zero-order valence-electron chi connectivity index (χ0n) is 17.1. The van der Waals surface area contributed by atoms with Crippen molar-refractivity contribution in [1.82, 2.24) is 9.47 Å². The highest BCUT2D eigenvalue weighted by molar-refractivity contribution is 14.1. The number of unbranched alkanes of at least 4 members (excludes halogenated alkanes) is 1. The number of fused-ring (bicyclic) bond motifs is 3. The number of hydrogen-bond donors (Lipinski definition) is 0. The van der Waals surface area contributed by atoms with Gasteiger partial charge in [0.2, 0.25) is 0 Å². The molecule has 4 rings (SSSR count). The Morgan fingerprint density at radius 2 is 1.90 bits per heavy atom. The normalized spacial score (nSPS) is 18.3. The Hall–Kier alpha value is -2.02. The summed E-state index contributed by atoms with van der Waals surface area (Å²) in [6.07, 6.45) is 6.79. The van der Waals surface area contributed by atoms with Crippen molar-refractivity contribution < 1.29 is 9.13 Å². The molecule has 0 saturated heterocycles. The number of methoxy groups -OCH3 is 1. The van der Waals surface area contributed by atoms with Crippen LogP contribution in [0.1, 0.15) is 43.5 Å². The second-order valence-corrected chi connectivity index (χ2v) is 9.77. The molecule has 3 nitrogen and oxygen atoms in total. The number of nitrogens with zero attached hydrogens (tertiary/aromatic N) is 2. The van der Waals surface area contributed by atoms with E-state index in [2.05, 4.69) is 70.3 Å². The molecule has 1 aliphatic rings. The molecule has 0 amide bonds. The van der Waals surface area contributed by atoms with Gasteiger partial charge in [0.25, 0.3) is 0 Å². The van der Waals surface area contributed by atoms with Crippen molar-refractivity contribution >= 4 is 39.6 Å². The molecule has 5 heteroatoms. The number of halogens is 2. The van der Waals surface area contributed by atoms with Crippen LogP contribution < -0.4 is 4.74 Å². The fourth-order valence-corrected chi connectivity index (χ4v) is 5.12.